The number of carbonyl (C=O) groups excluding carboxylic acids is 1. The molecule has 0 aliphatic carbocycles. The van der Waals surface area contributed by atoms with Gasteiger partial charge in [-0.05, 0) is 31.0 Å². The van der Waals surface area contributed by atoms with Crippen LogP contribution in [0.2, 0.25) is 0 Å². The summed E-state index contributed by atoms with van der Waals surface area (Å²) in [4.78, 5) is 13.6. The van der Waals surface area contributed by atoms with E-state index < -0.39 is 0 Å². The minimum Gasteiger partial charge on any atom is -0.508 e. The van der Waals surface area contributed by atoms with Crippen molar-refractivity contribution in [1.82, 2.24) is 4.90 Å². The first kappa shape index (κ1) is 11.9. The van der Waals surface area contributed by atoms with E-state index in [0.717, 1.165) is 18.5 Å². The average molecular weight is 235 g/mol. The zero-order chi connectivity index (χ0) is 12.4. The number of rotatable bonds is 3. The molecule has 0 amide bonds. The minimum absolute atomic E-state index is 0.121. The highest BCUT2D eigenvalue weighted by Crippen LogP contribution is 2.31. The van der Waals surface area contributed by atoms with Crippen molar-refractivity contribution in [3.05, 3.63) is 29.8 Å². The van der Waals surface area contributed by atoms with Crippen molar-refractivity contribution in [3.8, 4) is 5.75 Å². The fourth-order valence-electron chi connectivity index (χ4n) is 2.20. The molecule has 1 unspecified atom stereocenters. The molecule has 4 nitrogen and oxygen atoms in total. The van der Waals surface area contributed by atoms with Crippen LogP contribution in [0.4, 0.5) is 0 Å². The second kappa shape index (κ2) is 4.75. The molecule has 1 heterocycles. The number of likely N-dealkylation sites (tertiary alicyclic amines) is 1. The summed E-state index contributed by atoms with van der Waals surface area (Å²) in [6.45, 7) is 2.96. The molecule has 0 aromatic heterocycles. The van der Waals surface area contributed by atoms with Gasteiger partial charge in [-0.1, -0.05) is 12.1 Å². The Kier molecular flexibility index (Phi) is 3.33. The molecule has 0 saturated carbocycles. The van der Waals surface area contributed by atoms with E-state index in [2.05, 4.69) is 11.8 Å². The number of esters is 1. The molecule has 0 bridgehead atoms. The molecule has 2 atom stereocenters. The van der Waals surface area contributed by atoms with Crippen LogP contribution in [0.1, 0.15) is 24.9 Å². The maximum Gasteiger partial charge on any atom is 0.323 e. The fraction of sp³-hybridized carbons (Fsp3) is 0.462. The topological polar surface area (TPSA) is 49.8 Å². The number of phenols is 1. The van der Waals surface area contributed by atoms with Gasteiger partial charge in [0.05, 0.1) is 7.11 Å². The number of benzene rings is 1. The lowest BCUT2D eigenvalue weighted by atomic mass is 9.96. The van der Waals surface area contributed by atoms with Gasteiger partial charge >= 0.3 is 5.97 Å². The number of aromatic hydroxyl groups is 1. The Morgan fingerprint density at radius 3 is 2.59 bits per heavy atom. The quantitative estimate of drug-likeness (QED) is 0.810. The van der Waals surface area contributed by atoms with Gasteiger partial charge in [-0.25, -0.2) is 0 Å². The summed E-state index contributed by atoms with van der Waals surface area (Å²) in [5.74, 6) is 0.0935. The molecule has 1 aliphatic heterocycles. The second-order valence-electron chi connectivity index (χ2n) is 4.33. The summed E-state index contributed by atoms with van der Waals surface area (Å²) in [5.41, 5.74) is 1.09. The molecular weight excluding hydrogens is 218 g/mol. The number of carbonyl (C=O) groups is 1. The van der Waals surface area contributed by atoms with E-state index in [0.29, 0.717) is 0 Å². The maximum absolute atomic E-state index is 11.5. The Morgan fingerprint density at radius 2 is 2.12 bits per heavy atom. The zero-order valence-electron chi connectivity index (χ0n) is 10.1. The second-order valence-corrected chi connectivity index (χ2v) is 4.33. The Labute approximate surface area is 101 Å². The molecule has 17 heavy (non-hydrogen) atoms. The van der Waals surface area contributed by atoms with Crippen molar-refractivity contribution < 1.29 is 14.6 Å². The number of nitrogens with zero attached hydrogens (tertiary/aromatic N) is 1. The number of phenolic OH excluding ortho intramolecular Hbond substituents is 1. The van der Waals surface area contributed by atoms with Crippen molar-refractivity contribution in [1.29, 1.82) is 0 Å². The summed E-state index contributed by atoms with van der Waals surface area (Å²) >= 11 is 0. The standard InChI is InChI=1S/C13H17NO3/c1-9(10-3-5-11(15)6-4-10)14-8-7-12(14)13(16)17-2/h3-6,9,12,15H,7-8H2,1-2H3/t9-,12?/m0/s1. The van der Waals surface area contributed by atoms with Crippen LogP contribution in [-0.2, 0) is 9.53 Å². The van der Waals surface area contributed by atoms with E-state index >= 15 is 0 Å². The summed E-state index contributed by atoms with van der Waals surface area (Å²) in [6, 6.07) is 7.13. The third-order valence-corrected chi connectivity index (χ3v) is 3.41. The molecule has 1 aromatic rings. The lowest BCUT2D eigenvalue weighted by Gasteiger charge is -2.43. The van der Waals surface area contributed by atoms with Crippen molar-refractivity contribution in [2.45, 2.75) is 25.4 Å². The van der Waals surface area contributed by atoms with Crippen LogP contribution in [-0.4, -0.2) is 35.7 Å². The monoisotopic (exact) mass is 235 g/mol. The van der Waals surface area contributed by atoms with Crippen LogP contribution in [0.3, 0.4) is 0 Å². The first-order valence-corrected chi connectivity index (χ1v) is 5.76. The van der Waals surface area contributed by atoms with Crippen molar-refractivity contribution in [3.63, 3.8) is 0 Å². The number of hydrogen-bond acceptors (Lipinski definition) is 4. The van der Waals surface area contributed by atoms with E-state index in [1.165, 1.54) is 7.11 Å². The predicted molar refractivity (Wildman–Crippen MR) is 63.6 cm³/mol. The van der Waals surface area contributed by atoms with Gasteiger partial charge in [0.1, 0.15) is 11.8 Å². The molecule has 1 saturated heterocycles. The Morgan fingerprint density at radius 1 is 1.47 bits per heavy atom. The van der Waals surface area contributed by atoms with Gasteiger partial charge < -0.3 is 9.84 Å². The van der Waals surface area contributed by atoms with Crippen molar-refractivity contribution in [2.24, 2.45) is 0 Å². The minimum atomic E-state index is -0.165. The number of ether oxygens (including phenoxy) is 1. The van der Waals surface area contributed by atoms with E-state index in [1.807, 2.05) is 12.1 Å². The van der Waals surface area contributed by atoms with E-state index in [1.54, 1.807) is 12.1 Å². The van der Waals surface area contributed by atoms with Gasteiger partial charge in [0, 0.05) is 12.6 Å². The number of methoxy groups -OCH3 is 1. The van der Waals surface area contributed by atoms with E-state index in [-0.39, 0.29) is 23.8 Å². The summed E-state index contributed by atoms with van der Waals surface area (Å²) in [7, 11) is 1.42. The van der Waals surface area contributed by atoms with Gasteiger partial charge in [-0.15, -0.1) is 0 Å². The molecule has 0 radical (unpaired) electrons. The molecule has 4 heteroatoms. The predicted octanol–water partition coefficient (Wildman–Crippen LogP) is 1.70. The lowest BCUT2D eigenvalue weighted by Crippen LogP contribution is -2.53. The SMILES string of the molecule is COC(=O)C1CCN1[C@@H](C)c1ccc(O)cc1. The molecule has 1 aliphatic rings. The van der Waals surface area contributed by atoms with E-state index in [9.17, 15) is 9.90 Å². The third kappa shape index (κ3) is 2.26. The maximum atomic E-state index is 11.5. The normalized spacial score (nSPS) is 21.6. The smallest absolute Gasteiger partial charge is 0.323 e. The highest BCUT2D eigenvalue weighted by Gasteiger charge is 2.38. The Bertz CT molecular complexity index is 402. The molecule has 1 N–H and O–H groups in total. The first-order chi connectivity index (χ1) is 8.13. The zero-order valence-corrected chi connectivity index (χ0v) is 10.1. The van der Waals surface area contributed by atoms with Crippen LogP contribution < -0.4 is 0 Å². The average Bonchev–Trinajstić information content (AvgIpc) is 2.28. The largest absolute Gasteiger partial charge is 0.508 e. The summed E-state index contributed by atoms with van der Waals surface area (Å²) < 4.78 is 4.77. The van der Waals surface area contributed by atoms with Gasteiger partial charge in [0.2, 0.25) is 0 Å². The lowest BCUT2D eigenvalue weighted by molar-refractivity contribution is -0.153. The third-order valence-electron chi connectivity index (χ3n) is 3.41. The number of hydrogen-bond donors (Lipinski definition) is 1. The van der Waals surface area contributed by atoms with Gasteiger partial charge in [-0.2, -0.15) is 0 Å². The Hall–Kier alpha value is -1.55. The van der Waals surface area contributed by atoms with Crippen LogP contribution in [0.25, 0.3) is 0 Å². The summed E-state index contributed by atoms with van der Waals surface area (Å²) in [5, 5.41) is 9.24. The van der Waals surface area contributed by atoms with Crippen molar-refractivity contribution in [2.75, 3.05) is 13.7 Å². The Balaban J connectivity index is 2.07. The molecular formula is C13H17NO3. The van der Waals surface area contributed by atoms with Crippen molar-refractivity contribution >= 4 is 5.97 Å². The van der Waals surface area contributed by atoms with Crippen LogP contribution in [0, 0.1) is 0 Å². The van der Waals surface area contributed by atoms with Gasteiger partial charge in [0.25, 0.3) is 0 Å². The van der Waals surface area contributed by atoms with Crippen LogP contribution >= 0.6 is 0 Å². The van der Waals surface area contributed by atoms with Crippen LogP contribution in [0.5, 0.6) is 5.75 Å². The molecule has 92 valence electrons. The van der Waals surface area contributed by atoms with Crippen LogP contribution in [0.15, 0.2) is 24.3 Å². The first-order valence-electron chi connectivity index (χ1n) is 5.76. The molecule has 1 fully saturated rings. The molecule has 0 spiro atoms. The highest BCUT2D eigenvalue weighted by molar-refractivity contribution is 5.76. The van der Waals surface area contributed by atoms with E-state index in [4.69, 9.17) is 4.74 Å². The molecule has 2 rings (SSSR count). The molecule has 1 aromatic carbocycles. The highest BCUT2D eigenvalue weighted by atomic mass is 16.5. The fourth-order valence-corrected chi connectivity index (χ4v) is 2.20. The van der Waals surface area contributed by atoms with Gasteiger partial charge in [0.15, 0.2) is 0 Å². The van der Waals surface area contributed by atoms with Gasteiger partial charge in [-0.3, -0.25) is 9.69 Å². The summed E-state index contributed by atoms with van der Waals surface area (Å²) in [6.07, 6.45) is 0.856.